The van der Waals surface area contributed by atoms with Gasteiger partial charge in [-0.2, -0.15) is 9.78 Å². The van der Waals surface area contributed by atoms with Gasteiger partial charge in [0.15, 0.2) is 0 Å². The second-order valence-corrected chi connectivity index (χ2v) is 12.2. The zero-order valence-electron chi connectivity index (χ0n) is 19.2. The van der Waals surface area contributed by atoms with Crippen LogP contribution in [0.3, 0.4) is 0 Å². The second kappa shape index (κ2) is 12.1. The van der Waals surface area contributed by atoms with E-state index in [0.717, 1.165) is 34.9 Å². The van der Waals surface area contributed by atoms with Crippen LogP contribution in [0.15, 0.2) is 62.9 Å². The van der Waals surface area contributed by atoms with Crippen LogP contribution in [-0.4, -0.2) is 15.9 Å². The third kappa shape index (κ3) is 6.25. The molecule has 0 bridgehead atoms. The van der Waals surface area contributed by atoms with Crippen molar-refractivity contribution in [3.63, 3.8) is 0 Å². The van der Waals surface area contributed by atoms with Gasteiger partial charge in [0.2, 0.25) is 0 Å². The van der Waals surface area contributed by atoms with Gasteiger partial charge in [0, 0.05) is 10.4 Å². The highest BCUT2D eigenvalue weighted by atomic mass is 127. The summed E-state index contributed by atoms with van der Waals surface area (Å²) in [7, 11) is 0. The summed E-state index contributed by atoms with van der Waals surface area (Å²) in [6, 6.07) is 14.9. The first-order chi connectivity index (χ1) is 17.2. The Bertz CT molecular complexity index is 1520. The molecule has 1 atom stereocenters. The number of hydrogen-bond donors (Lipinski definition) is 0. The molecule has 0 spiro atoms. The maximum absolute atomic E-state index is 13.3. The van der Waals surface area contributed by atoms with Crippen LogP contribution in [-0.2, 0) is 6.61 Å². The highest BCUT2D eigenvalue weighted by Crippen LogP contribution is 2.30. The summed E-state index contributed by atoms with van der Waals surface area (Å²) in [6.07, 6.45) is 2.52. The van der Waals surface area contributed by atoms with E-state index in [1.807, 2.05) is 37.3 Å². The third-order valence-electron chi connectivity index (χ3n) is 5.60. The maximum Gasteiger partial charge on any atom is 0.282 e. The topological polar surface area (TPSA) is 56.5 Å². The zero-order valence-corrected chi connectivity index (χ0v) is 26.6. The van der Waals surface area contributed by atoms with Gasteiger partial charge in [0.05, 0.1) is 34.3 Å². The van der Waals surface area contributed by atoms with E-state index < -0.39 is 0 Å². The molecule has 4 aromatic rings. The number of fused-ring (bicyclic) bond motifs is 1. The molecule has 0 saturated heterocycles. The van der Waals surface area contributed by atoms with E-state index in [0.29, 0.717) is 33.4 Å². The summed E-state index contributed by atoms with van der Waals surface area (Å²) in [5.41, 5.74) is 2.24. The standard InChI is InChI=1S/C26H20BrCl2I2N3O2/c1-3-14(2)25-33-23-7-5-17(27)11-18(23)26(35)34(25)32-12-16-9-21(30)24(22(31)10-16)36-13-15-4-6-19(28)20(29)8-15/h4-12,14H,3,13H2,1-2H3/t14-/m1/s1. The molecule has 10 heteroatoms. The van der Waals surface area contributed by atoms with Crippen molar-refractivity contribution in [1.29, 1.82) is 0 Å². The SMILES string of the molecule is CC[C@@H](C)c1nc2ccc(Br)cc2c(=O)n1N=Cc1cc(I)c(OCc2ccc(Cl)c(Cl)c2)c(I)c1. The van der Waals surface area contributed by atoms with Crippen molar-refractivity contribution in [2.24, 2.45) is 5.10 Å². The van der Waals surface area contributed by atoms with Crippen molar-refractivity contribution < 1.29 is 4.74 Å². The van der Waals surface area contributed by atoms with Gasteiger partial charge in [-0.3, -0.25) is 4.79 Å². The molecule has 36 heavy (non-hydrogen) atoms. The van der Waals surface area contributed by atoms with Gasteiger partial charge >= 0.3 is 0 Å². The van der Waals surface area contributed by atoms with E-state index in [2.05, 4.69) is 73.1 Å². The van der Waals surface area contributed by atoms with Gasteiger partial charge in [-0.1, -0.05) is 59.0 Å². The Morgan fingerprint density at radius 2 is 1.83 bits per heavy atom. The average molecular weight is 811 g/mol. The van der Waals surface area contributed by atoms with Crippen molar-refractivity contribution in [2.75, 3.05) is 0 Å². The first-order valence-electron chi connectivity index (χ1n) is 11.0. The molecule has 0 aliphatic rings. The Kier molecular flexibility index (Phi) is 9.35. The molecular weight excluding hydrogens is 791 g/mol. The normalized spacial score (nSPS) is 12.4. The van der Waals surface area contributed by atoms with Crippen molar-refractivity contribution >= 4 is 101 Å². The summed E-state index contributed by atoms with van der Waals surface area (Å²) in [4.78, 5) is 18.1. The molecule has 1 aromatic heterocycles. The number of hydrogen-bond acceptors (Lipinski definition) is 4. The first-order valence-corrected chi connectivity index (χ1v) is 14.7. The monoisotopic (exact) mass is 809 g/mol. The number of nitrogens with zero attached hydrogens (tertiary/aromatic N) is 3. The fraction of sp³-hybridized carbons (Fsp3) is 0.192. The molecule has 0 amide bonds. The van der Waals surface area contributed by atoms with Gasteiger partial charge < -0.3 is 4.74 Å². The lowest BCUT2D eigenvalue weighted by atomic mass is 10.1. The van der Waals surface area contributed by atoms with Crippen molar-refractivity contribution in [2.45, 2.75) is 32.8 Å². The Labute approximate surface area is 254 Å². The molecule has 5 nitrogen and oxygen atoms in total. The third-order valence-corrected chi connectivity index (χ3v) is 8.43. The molecule has 3 aromatic carbocycles. The molecule has 1 heterocycles. The fourth-order valence-electron chi connectivity index (χ4n) is 3.48. The van der Waals surface area contributed by atoms with Crippen LogP contribution in [0.5, 0.6) is 5.75 Å². The Balaban J connectivity index is 1.66. The Hall–Kier alpha value is -1.21. The lowest BCUT2D eigenvalue weighted by molar-refractivity contribution is 0.302. The summed E-state index contributed by atoms with van der Waals surface area (Å²) < 4.78 is 10.2. The minimum atomic E-state index is -0.196. The molecular formula is C26H20BrCl2I2N3O2. The van der Waals surface area contributed by atoms with Crippen LogP contribution in [0.1, 0.15) is 43.1 Å². The highest BCUT2D eigenvalue weighted by molar-refractivity contribution is 14.1. The molecule has 0 aliphatic carbocycles. The van der Waals surface area contributed by atoms with E-state index in [9.17, 15) is 4.79 Å². The van der Waals surface area contributed by atoms with E-state index in [1.165, 1.54) is 4.68 Å². The molecule has 4 rings (SSSR count). The summed E-state index contributed by atoms with van der Waals surface area (Å²) >= 11 is 20.1. The van der Waals surface area contributed by atoms with Crippen molar-refractivity contribution in [3.05, 3.63) is 97.5 Å². The van der Waals surface area contributed by atoms with Gasteiger partial charge in [-0.15, -0.1) is 0 Å². The summed E-state index contributed by atoms with van der Waals surface area (Å²) in [5.74, 6) is 1.48. The van der Waals surface area contributed by atoms with Gasteiger partial charge in [0.25, 0.3) is 5.56 Å². The summed E-state index contributed by atoms with van der Waals surface area (Å²) in [5, 5.41) is 6.10. The van der Waals surface area contributed by atoms with Crippen molar-refractivity contribution in [3.8, 4) is 5.75 Å². The van der Waals surface area contributed by atoms with Gasteiger partial charge in [-0.25, -0.2) is 4.98 Å². The molecule has 0 saturated carbocycles. The lowest BCUT2D eigenvalue weighted by Gasteiger charge is -2.14. The molecule has 0 radical (unpaired) electrons. The molecule has 0 unspecified atom stereocenters. The van der Waals surface area contributed by atoms with Crippen LogP contribution >= 0.6 is 84.3 Å². The predicted octanol–water partition coefficient (Wildman–Crippen LogP) is 8.65. The smallest absolute Gasteiger partial charge is 0.282 e. The Morgan fingerprint density at radius 3 is 2.50 bits per heavy atom. The van der Waals surface area contributed by atoms with Crippen LogP contribution in [0.25, 0.3) is 10.9 Å². The molecule has 0 N–H and O–H groups in total. The minimum absolute atomic E-state index is 0.0697. The summed E-state index contributed by atoms with van der Waals surface area (Å²) in [6.45, 7) is 4.48. The van der Waals surface area contributed by atoms with E-state index >= 15 is 0 Å². The van der Waals surface area contributed by atoms with Crippen LogP contribution in [0.4, 0.5) is 0 Å². The first kappa shape index (κ1) is 27.8. The molecule has 0 fully saturated rings. The number of ether oxygens (including phenoxy) is 1. The van der Waals surface area contributed by atoms with Crippen molar-refractivity contribution in [1.82, 2.24) is 9.66 Å². The predicted molar refractivity (Wildman–Crippen MR) is 168 cm³/mol. The molecule has 186 valence electrons. The number of aromatic nitrogens is 2. The largest absolute Gasteiger partial charge is 0.487 e. The van der Waals surface area contributed by atoms with Gasteiger partial charge in [-0.05, 0) is 105 Å². The quantitative estimate of drug-likeness (QED) is 0.139. The number of rotatable bonds is 7. The maximum atomic E-state index is 13.3. The fourth-order valence-corrected chi connectivity index (χ4v) is 6.29. The second-order valence-electron chi connectivity index (χ2n) is 8.15. The lowest BCUT2D eigenvalue weighted by Crippen LogP contribution is -2.23. The highest BCUT2D eigenvalue weighted by Gasteiger charge is 2.16. The van der Waals surface area contributed by atoms with E-state index in [-0.39, 0.29) is 11.5 Å². The van der Waals surface area contributed by atoms with E-state index in [1.54, 1.807) is 24.4 Å². The van der Waals surface area contributed by atoms with E-state index in [4.69, 9.17) is 32.9 Å². The average Bonchev–Trinajstić information content (AvgIpc) is 2.84. The number of benzene rings is 3. The van der Waals surface area contributed by atoms with Crippen LogP contribution < -0.4 is 10.3 Å². The van der Waals surface area contributed by atoms with Crippen LogP contribution in [0, 0.1) is 7.14 Å². The number of halogens is 5. The molecule has 0 aliphatic heterocycles. The van der Waals surface area contributed by atoms with Gasteiger partial charge in [0.1, 0.15) is 18.2 Å². The van der Waals surface area contributed by atoms with Crippen LogP contribution in [0.2, 0.25) is 10.0 Å². The zero-order chi connectivity index (χ0) is 26.0. The Morgan fingerprint density at radius 1 is 1.11 bits per heavy atom. The minimum Gasteiger partial charge on any atom is -0.487 e.